The van der Waals surface area contributed by atoms with Gasteiger partial charge in [0.05, 0.1) is 36.6 Å². The van der Waals surface area contributed by atoms with Crippen LogP contribution in [0.2, 0.25) is 0 Å². The minimum absolute atomic E-state index is 0.439. The van der Waals surface area contributed by atoms with Crippen molar-refractivity contribution in [1.29, 1.82) is 0 Å². The lowest BCUT2D eigenvalue weighted by molar-refractivity contribution is 0.311. The van der Waals surface area contributed by atoms with E-state index in [1.54, 1.807) is 7.11 Å². The fourth-order valence-electron chi connectivity index (χ4n) is 5.72. The summed E-state index contributed by atoms with van der Waals surface area (Å²) in [5.41, 5.74) is 6.66. The minimum Gasteiger partial charge on any atom is -0.494 e. The predicted molar refractivity (Wildman–Crippen MR) is 171 cm³/mol. The molecule has 1 fully saturated rings. The second-order valence-corrected chi connectivity index (χ2v) is 11.1. The zero-order valence-corrected chi connectivity index (χ0v) is 24.9. The number of rotatable bonds is 7. The monoisotopic (exact) mass is 580 g/mol. The summed E-state index contributed by atoms with van der Waals surface area (Å²) in [6.07, 6.45) is 5.80. The number of aryl methyl sites for hydroxylation is 1. The summed E-state index contributed by atoms with van der Waals surface area (Å²) in [5, 5.41) is 12.3. The van der Waals surface area contributed by atoms with E-state index in [-0.39, 0.29) is 0 Å². The van der Waals surface area contributed by atoms with Crippen molar-refractivity contribution in [2.24, 2.45) is 7.05 Å². The van der Waals surface area contributed by atoms with Crippen LogP contribution in [0.15, 0.2) is 55.0 Å². The summed E-state index contributed by atoms with van der Waals surface area (Å²) >= 11 is 0. The molecule has 2 aromatic carbocycles. The van der Waals surface area contributed by atoms with Gasteiger partial charge < -0.3 is 39.8 Å². The molecule has 222 valence electrons. The van der Waals surface area contributed by atoms with Crippen molar-refractivity contribution in [3.8, 4) is 22.6 Å². The molecule has 7 rings (SSSR count). The van der Waals surface area contributed by atoms with Gasteiger partial charge in [-0.1, -0.05) is 0 Å². The fourth-order valence-corrected chi connectivity index (χ4v) is 5.72. The predicted octanol–water partition coefficient (Wildman–Crippen LogP) is 4.43. The molecule has 1 saturated heterocycles. The van der Waals surface area contributed by atoms with Crippen LogP contribution in [0.5, 0.6) is 11.5 Å². The molecule has 0 aliphatic carbocycles. The van der Waals surface area contributed by atoms with E-state index in [1.807, 2.05) is 48.5 Å². The van der Waals surface area contributed by atoms with E-state index in [0.717, 1.165) is 83.4 Å². The van der Waals surface area contributed by atoms with E-state index in [9.17, 15) is 0 Å². The molecule has 0 unspecified atom stereocenters. The van der Waals surface area contributed by atoms with Crippen molar-refractivity contribution in [3.63, 3.8) is 0 Å². The van der Waals surface area contributed by atoms with Gasteiger partial charge >= 0.3 is 0 Å². The van der Waals surface area contributed by atoms with Crippen molar-refractivity contribution in [2.75, 3.05) is 81.0 Å². The molecule has 0 amide bonds. The average molecular weight is 581 g/mol. The third-order valence-electron chi connectivity index (χ3n) is 8.16. The Labute approximate surface area is 250 Å². The SMILES string of the molecule is COc1cc(N2CCN(C)CC2)c(-c2cnn(C)c2)cc1Nc1nc(Nc2ccc3c(c2)OCCN3C)c2cc[nH]c2n1. The first-order valence-corrected chi connectivity index (χ1v) is 14.5. The number of benzene rings is 2. The molecule has 0 spiro atoms. The molecular weight excluding hydrogens is 544 g/mol. The molecule has 3 N–H and O–H groups in total. The van der Waals surface area contributed by atoms with Gasteiger partial charge in [0.25, 0.3) is 0 Å². The fraction of sp³-hybridized carbons (Fsp3) is 0.323. The van der Waals surface area contributed by atoms with E-state index >= 15 is 0 Å². The van der Waals surface area contributed by atoms with E-state index < -0.39 is 0 Å². The minimum atomic E-state index is 0.439. The number of likely N-dealkylation sites (N-methyl/N-ethyl adjacent to an activating group) is 2. The summed E-state index contributed by atoms with van der Waals surface area (Å²) < 4.78 is 13.7. The van der Waals surface area contributed by atoms with Crippen LogP contribution in [-0.4, -0.2) is 90.2 Å². The quantitative estimate of drug-likeness (QED) is 0.256. The van der Waals surface area contributed by atoms with Crippen molar-refractivity contribution in [2.45, 2.75) is 0 Å². The summed E-state index contributed by atoms with van der Waals surface area (Å²) in [7, 11) is 7.86. The maximum absolute atomic E-state index is 5.92. The lowest BCUT2D eigenvalue weighted by Crippen LogP contribution is -2.44. The number of nitrogens with one attached hydrogen (secondary N) is 3. The summed E-state index contributed by atoms with van der Waals surface area (Å²) in [5.74, 6) is 2.68. The van der Waals surface area contributed by atoms with Crippen LogP contribution in [-0.2, 0) is 7.05 Å². The molecule has 0 atom stereocenters. The Bertz CT molecular complexity index is 1770. The zero-order chi connectivity index (χ0) is 29.5. The maximum Gasteiger partial charge on any atom is 0.231 e. The van der Waals surface area contributed by atoms with Crippen molar-refractivity contribution in [1.82, 2.24) is 29.6 Å². The van der Waals surface area contributed by atoms with Gasteiger partial charge in [0.1, 0.15) is 29.6 Å². The molecule has 12 heteroatoms. The molecule has 0 saturated carbocycles. The maximum atomic E-state index is 5.92. The summed E-state index contributed by atoms with van der Waals surface area (Å²) in [6, 6.07) is 12.3. The number of methoxy groups -OCH3 is 1. The molecular formula is C31H36N10O2. The van der Waals surface area contributed by atoms with E-state index in [1.165, 1.54) is 0 Å². The van der Waals surface area contributed by atoms with E-state index in [0.29, 0.717) is 24.1 Å². The van der Waals surface area contributed by atoms with E-state index in [2.05, 4.69) is 67.7 Å². The number of nitrogens with zero attached hydrogens (tertiary/aromatic N) is 7. The standard InChI is InChI=1S/C31H36N10O2/c1-38-9-11-41(12-10-38)26-17-27(42-4)24(16-23(26)20-18-33-40(3)19-20)35-31-36-29-22(7-8-32-29)30(37-31)34-21-5-6-25-28(15-21)43-14-13-39(25)2/h5-8,15-19H,9-14H2,1-4H3,(H3,32,34,35,36,37). The highest BCUT2D eigenvalue weighted by Gasteiger charge is 2.22. The van der Waals surface area contributed by atoms with Crippen LogP contribution >= 0.6 is 0 Å². The normalized spacial score (nSPS) is 15.3. The van der Waals surface area contributed by atoms with Gasteiger partial charge in [-0.05, 0) is 31.3 Å². The van der Waals surface area contributed by atoms with Crippen molar-refractivity contribution in [3.05, 3.63) is 55.0 Å². The molecule has 43 heavy (non-hydrogen) atoms. The topological polar surface area (TPSA) is 112 Å². The highest BCUT2D eigenvalue weighted by atomic mass is 16.5. The van der Waals surface area contributed by atoms with Gasteiger partial charge in [0.2, 0.25) is 5.95 Å². The van der Waals surface area contributed by atoms with Gasteiger partial charge in [-0.3, -0.25) is 4.68 Å². The van der Waals surface area contributed by atoms with Gasteiger partial charge in [-0.2, -0.15) is 15.1 Å². The second kappa shape index (κ2) is 11.0. The average Bonchev–Trinajstić information content (AvgIpc) is 3.67. The lowest BCUT2D eigenvalue weighted by Gasteiger charge is -2.35. The molecule has 0 radical (unpaired) electrons. The number of H-pyrrole nitrogens is 1. The Kier molecular flexibility index (Phi) is 6.90. The number of hydrogen-bond donors (Lipinski definition) is 3. The molecule has 2 aliphatic rings. The van der Waals surface area contributed by atoms with Crippen molar-refractivity contribution >= 4 is 45.5 Å². The molecule has 5 aromatic rings. The third kappa shape index (κ3) is 5.25. The number of aromatic nitrogens is 5. The smallest absolute Gasteiger partial charge is 0.231 e. The Morgan fingerprint density at radius 2 is 1.79 bits per heavy atom. The summed E-state index contributed by atoms with van der Waals surface area (Å²) in [6.45, 7) is 5.40. The summed E-state index contributed by atoms with van der Waals surface area (Å²) in [4.78, 5) is 19.9. The zero-order valence-electron chi connectivity index (χ0n) is 24.9. The number of aromatic amines is 1. The number of ether oxygens (including phenoxy) is 2. The third-order valence-corrected chi connectivity index (χ3v) is 8.16. The molecule has 5 heterocycles. The van der Waals surface area contributed by atoms with Crippen LogP contribution < -0.4 is 29.9 Å². The Balaban J connectivity index is 1.25. The van der Waals surface area contributed by atoms with Gasteiger partial charge in [0, 0.05) is 87.3 Å². The largest absolute Gasteiger partial charge is 0.494 e. The number of fused-ring (bicyclic) bond motifs is 2. The lowest BCUT2D eigenvalue weighted by atomic mass is 10.0. The van der Waals surface area contributed by atoms with E-state index in [4.69, 9.17) is 19.4 Å². The Hall–Kier alpha value is -4.97. The molecule has 12 nitrogen and oxygen atoms in total. The first-order chi connectivity index (χ1) is 20.9. The van der Waals surface area contributed by atoms with Gasteiger partial charge in [0.15, 0.2) is 0 Å². The first-order valence-electron chi connectivity index (χ1n) is 14.5. The van der Waals surface area contributed by atoms with Crippen LogP contribution in [0.4, 0.5) is 34.5 Å². The number of hydrogen-bond acceptors (Lipinski definition) is 10. The number of anilines is 6. The number of piperazine rings is 1. The highest BCUT2D eigenvalue weighted by Crippen LogP contribution is 2.41. The van der Waals surface area contributed by atoms with Gasteiger partial charge in [-0.25, -0.2) is 0 Å². The second-order valence-electron chi connectivity index (χ2n) is 11.1. The molecule has 2 aliphatic heterocycles. The van der Waals surface area contributed by atoms with Crippen LogP contribution in [0, 0.1) is 0 Å². The molecule has 3 aromatic heterocycles. The highest BCUT2D eigenvalue weighted by molar-refractivity contribution is 5.91. The van der Waals surface area contributed by atoms with Gasteiger partial charge in [-0.15, -0.1) is 0 Å². The van der Waals surface area contributed by atoms with Crippen LogP contribution in [0.1, 0.15) is 0 Å². The Morgan fingerprint density at radius 1 is 0.930 bits per heavy atom. The van der Waals surface area contributed by atoms with Crippen LogP contribution in [0.3, 0.4) is 0 Å². The van der Waals surface area contributed by atoms with Crippen molar-refractivity contribution < 1.29 is 9.47 Å². The Morgan fingerprint density at radius 3 is 2.58 bits per heavy atom. The molecule has 0 bridgehead atoms. The first kappa shape index (κ1) is 26.9. The van der Waals surface area contributed by atoms with Crippen LogP contribution in [0.25, 0.3) is 22.2 Å².